The molecule has 1 aromatic rings. The van der Waals surface area contributed by atoms with E-state index >= 15 is 0 Å². The lowest BCUT2D eigenvalue weighted by Crippen LogP contribution is -2.34. The fourth-order valence-electron chi connectivity index (χ4n) is 3.04. The van der Waals surface area contributed by atoms with Crippen LogP contribution in [0.5, 0.6) is 11.5 Å². The molecule has 2 atom stereocenters. The summed E-state index contributed by atoms with van der Waals surface area (Å²) in [4.78, 5) is 12.4. The summed E-state index contributed by atoms with van der Waals surface area (Å²) < 4.78 is 10.8. The Balaban J connectivity index is 1.98. The normalized spacial score (nSPS) is 19.0. The summed E-state index contributed by atoms with van der Waals surface area (Å²) in [5, 5.41) is 6.39. The molecule has 0 bridgehead atoms. The first-order chi connectivity index (χ1) is 11.1. The first-order valence-electron chi connectivity index (χ1n) is 8.45. The quantitative estimate of drug-likeness (QED) is 0.810. The van der Waals surface area contributed by atoms with E-state index in [0.717, 1.165) is 13.1 Å². The molecule has 2 rings (SSSR count). The largest absolute Gasteiger partial charge is 0.497 e. The number of benzene rings is 1. The van der Waals surface area contributed by atoms with E-state index < -0.39 is 0 Å². The third-order valence-corrected chi connectivity index (χ3v) is 4.41. The highest BCUT2D eigenvalue weighted by Crippen LogP contribution is 2.30. The summed E-state index contributed by atoms with van der Waals surface area (Å²) in [6, 6.07) is 5.46. The lowest BCUT2D eigenvalue weighted by atomic mass is 9.85. The van der Waals surface area contributed by atoms with Crippen LogP contribution in [0.15, 0.2) is 18.2 Å². The van der Waals surface area contributed by atoms with Crippen LogP contribution in [-0.2, 0) is 4.79 Å². The Hall–Kier alpha value is -1.75. The number of hydrogen-bond donors (Lipinski definition) is 2. The SMILES string of the molecule is CCOc1ccc(OC)cc1NC(=O)CC(C)C1CCCNC1. The van der Waals surface area contributed by atoms with Crippen LogP contribution in [0.2, 0.25) is 0 Å². The van der Waals surface area contributed by atoms with Crippen molar-refractivity contribution in [3.63, 3.8) is 0 Å². The van der Waals surface area contributed by atoms with Gasteiger partial charge in [0.25, 0.3) is 0 Å². The molecular formula is C18H28N2O3. The van der Waals surface area contributed by atoms with Gasteiger partial charge < -0.3 is 20.1 Å². The zero-order chi connectivity index (χ0) is 16.7. The monoisotopic (exact) mass is 320 g/mol. The van der Waals surface area contributed by atoms with Crippen molar-refractivity contribution >= 4 is 11.6 Å². The highest BCUT2D eigenvalue weighted by molar-refractivity contribution is 5.92. The minimum atomic E-state index is 0.0253. The maximum atomic E-state index is 12.4. The molecule has 2 unspecified atom stereocenters. The van der Waals surface area contributed by atoms with E-state index in [0.29, 0.717) is 42.0 Å². The molecule has 0 saturated carbocycles. The molecule has 0 spiro atoms. The Morgan fingerprint density at radius 2 is 2.30 bits per heavy atom. The molecule has 5 nitrogen and oxygen atoms in total. The molecule has 5 heteroatoms. The van der Waals surface area contributed by atoms with Crippen LogP contribution >= 0.6 is 0 Å². The van der Waals surface area contributed by atoms with Crippen LogP contribution in [0.4, 0.5) is 5.69 Å². The van der Waals surface area contributed by atoms with E-state index in [2.05, 4.69) is 17.6 Å². The van der Waals surface area contributed by atoms with Gasteiger partial charge >= 0.3 is 0 Å². The third kappa shape index (κ3) is 5.13. The summed E-state index contributed by atoms with van der Waals surface area (Å²) in [6.07, 6.45) is 2.92. The topological polar surface area (TPSA) is 59.6 Å². The Bertz CT molecular complexity index is 513. The Morgan fingerprint density at radius 1 is 1.48 bits per heavy atom. The van der Waals surface area contributed by atoms with Gasteiger partial charge in [0.1, 0.15) is 11.5 Å². The van der Waals surface area contributed by atoms with Crippen molar-refractivity contribution < 1.29 is 14.3 Å². The summed E-state index contributed by atoms with van der Waals surface area (Å²) in [5.74, 6) is 2.34. The minimum absolute atomic E-state index is 0.0253. The lowest BCUT2D eigenvalue weighted by Gasteiger charge is -2.28. The summed E-state index contributed by atoms with van der Waals surface area (Å²) >= 11 is 0. The molecule has 1 aliphatic heterocycles. The maximum absolute atomic E-state index is 12.4. The van der Waals surface area contributed by atoms with E-state index in [-0.39, 0.29) is 5.91 Å². The zero-order valence-electron chi connectivity index (χ0n) is 14.4. The van der Waals surface area contributed by atoms with E-state index in [9.17, 15) is 4.79 Å². The molecule has 128 valence electrons. The van der Waals surface area contributed by atoms with Gasteiger partial charge in [-0.1, -0.05) is 6.92 Å². The average molecular weight is 320 g/mol. The van der Waals surface area contributed by atoms with Gasteiger partial charge in [-0.2, -0.15) is 0 Å². The van der Waals surface area contributed by atoms with Crippen LogP contribution in [0, 0.1) is 11.8 Å². The highest BCUT2D eigenvalue weighted by atomic mass is 16.5. The number of hydrogen-bond acceptors (Lipinski definition) is 4. The fourth-order valence-corrected chi connectivity index (χ4v) is 3.04. The molecule has 1 saturated heterocycles. The van der Waals surface area contributed by atoms with Crippen LogP contribution in [-0.4, -0.2) is 32.7 Å². The lowest BCUT2D eigenvalue weighted by molar-refractivity contribution is -0.117. The van der Waals surface area contributed by atoms with Gasteiger partial charge in [-0.15, -0.1) is 0 Å². The van der Waals surface area contributed by atoms with E-state index in [1.807, 2.05) is 19.1 Å². The molecule has 1 amide bonds. The summed E-state index contributed by atoms with van der Waals surface area (Å²) in [7, 11) is 1.61. The first kappa shape index (κ1) is 17.6. The van der Waals surface area contributed by atoms with Gasteiger partial charge in [-0.3, -0.25) is 4.79 Å². The van der Waals surface area contributed by atoms with Crippen molar-refractivity contribution in [2.75, 3.05) is 32.1 Å². The molecule has 2 N–H and O–H groups in total. The molecule has 0 aromatic heterocycles. The number of amides is 1. The molecular weight excluding hydrogens is 292 g/mol. The van der Waals surface area contributed by atoms with Crippen molar-refractivity contribution in [1.29, 1.82) is 0 Å². The van der Waals surface area contributed by atoms with Gasteiger partial charge in [0, 0.05) is 12.5 Å². The van der Waals surface area contributed by atoms with Crippen LogP contribution in [0.1, 0.15) is 33.1 Å². The molecule has 23 heavy (non-hydrogen) atoms. The van der Waals surface area contributed by atoms with Gasteiger partial charge in [0.2, 0.25) is 5.91 Å². The van der Waals surface area contributed by atoms with Crippen molar-refractivity contribution in [2.45, 2.75) is 33.1 Å². The van der Waals surface area contributed by atoms with Crippen LogP contribution in [0.25, 0.3) is 0 Å². The van der Waals surface area contributed by atoms with Gasteiger partial charge in [0.15, 0.2) is 0 Å². The second-order valence-corrected chi connectivity index (χ2v) is 6.13. The number of rotatable bonds is 7. The first-order valence-corrected chi connectivity index (χ1v) is 8.45. The van der Waals surface area contributed by atoms with Gasteiger partial charge in [-0.25, -0.2) is 0 Å². The summed E-state index contributed by atoms with van der Waals surface area (Å²) in [6.45, 7) is 6.74. The molecule has 0 radical (unpaired) electrons. The van der Waals surface area contributed by atoms with Crippen molar-refractivity contribution in [3.8, 4) is 11.5 Å². The van der Waals surface area contributed by atoms with Gasteiger partial charge in [-0.05, 0) is 56.8 Å². The average Bonchev–Trinajstić information content (AvgIpc) is 2.57. The number of methoxy groups -OCH3 is 1. The second-order valence-electron chi connectivity index (χ2n) is 6.13. The minimum Gasteiger partial charge on any atom is -0.497 e. The Labute approximate surface area is 138 Å². The molecule has 0 aliphatic carbocycles. The van der Waals surface area contributed by atoms with Crippen molar-refractivity contribution in [3.05, 3.63) is 18.2 Å². The molecule has 1 heterocycles. The number of piperidine rings is 1. The predicted octanol–water partition coefficient (Wildman–Crippen LogP) is 3.06. The van der Waals surface area contributed by atoms with Crippen molar-refractivity contribution in [2.24, 2.45) is 11.8 Å². The standard InChI is InChI=1S/C18H28N2O3/c1-4-23-17-8-7-15(22-3)11-16(17)20-18(21)10-13(2)14-6-5-9-19-12-14/h7-8,11,13-14,19H,4-6,9-10,12H2,1-3H3,(H,20,21). The molecule has 1 fully saturated rings. The van der Waals surface area contributed by atoms with E-state index in [4.69, 9.17) is 9.47 Å². The van der Waals surface area contributed by atoms with Crippen LogP contribution in [0.3, 0.4) is 0 Å². The van der Waals surface area contributed by atoms with E-state index in [1.165, 1.54) is 12.8 Å². The number of anilines is 1. The Kier molecular flexibility index (Phi) is 6.71. The number of ether oxygens (including phenoxy) is 2. The molecule has 1 aliphatic rings. The third-order valence-electron chi connectivity index (χ3n) is 4.41. The van der Waals surface area contributed by atoms with Crippen molar-refractivity contribution in [1.82, 2.24) is 5.32 Å². The zero-order valence-corrected chi connectivity index (χ0v) is 14.4. The van der Waals surface area contributed by atoms with Crippen LogP contribution < -0.4 is 20.1 Å². The highest BCUT2D eigenvalue weighted by Gasteiger charge is 2.22. The summed E-state index contributed by atoms with van der Waals surface area (Å²) in [5.41, 5.74) is 0.671. The fraction of sp³-hybridized carbons (Fsp3) is 0.611. The maximum Gasteiger partial charge on any atom is 0.224 e. The second kappa shape index (κ2) is 8.77. The number of nitrogens with one attached hydrogen (secondary N) is 2. The molecule has 1 aromatic carbocycles. The smallest absolute Gasteiger partial charge is 0.224 e. The van der Waals surface area contributed by atoms with Gasteiger partial charge in [0.05, 0.1) is 19.4 Å². The predicted molar refractivity (Wildman–Crippen MR) is 92.2 cm³/mol. The number of carbonyl (C=O) groups excluding carboxylic acids is 1. The van der Waals surface area contributed by atoms with E-state index in [1.54, 1.807) is 13.2 Å². The Morgan fingerprint density at radius 3 is 2.96 bits per heavy atom. The number of carbonyl (C=O) groups is 1.